The van der Waals surface area contributed by atoms with Crippen molar-refractivity contribution >= 4 is 29.3 Å². The zero-order valence-corrected chi connectivity index (χ0v) is 22.4. The molecule has 8 heteroatoms. The Kier molecular flexibility index (Phi) is 9.47. The molecule has 0 fully saturated rings. The van der Waals surface area contributed by atoms with Crippen molar-refractivity contribution in [1.29, 1.82) is 0 Å². The van der Waals surface area contributed by atoms with E-state index in [0.29, 0.717) is 29.0 Å². The second-order valence-corrected chi connectivity index (χ2v) is 10.4. The van der Waals surface area contributed by atoms with E-state index in [2.05, 4.69) is 41.3 Å². The number of thioether (sulfide) groups is 1. The summed E-state index contributed by atoms with van der Waals surface area (Å²) in [6.07, 6.45) is 1.76. The van der Waals surface area contributed by atoms with Crippen LogP contribution in [0, 0.1) is 12.8 Å². The standard InChI is InChI=1S/C28H35N5O2S/c1-7-15-33-26(25(19(4)5)30-27(35)22-10-8-9-20(6)16-22)31-32-28(33)36-17-24(34)29-23-13-11-21(12-14-23)18(2)3/h7-14,16,18-19,25H,1,15,17H2,2-6H3,(H,29,34)(H,30,35)/t25-/m1/s1. The van der Waals surface area contributed by atoms with E-state index >= 15 is 0 Å². The number of hydrogen-bond acceptors (Lipinski definition) is 5. The number of carbonyl (C=O) groups is 2. The first-order valence-corrected chi connectivity index (χ1v) is 13.1. The molecule has 0 spiro atoms. The summed E-state index contributed by atoms with van der Waals surface area (Å²) >= 11 is 1.31. The lowest BCUT2D eigenvalue weighted by Gasteiger charge is -2.22. The normalized spacial score (nSPS) is 12.0. The quantitative estimate of drug-likeness (QED) is 0.256. The molecule has 0 saturated carbocycles. The van der Waals surface area contributed by atoms with Gasteiger partial charge in [0.2, 0.25) is 5.91 Å². The molecule has 0 unspecified atom stereocenters. The Morgan fingerprint density at radius 3 is 2.42 bits per heavy atom. The maximum absolute atomic E-state index is 13.0. The first-order valence-electron chi connectivity index (χ1n) is 12.1. The molecular formula is C28H35N5O2S. The highest BCUT2D eigenvalue weighted by Crippen LogP contribution is 2.26. The first kappa shape index (κ1) is 27.2. The molecule has 1 heterocycles. The predicted octanol–water partition coefficient (Wildman–Crippen LogP) is 5.75. The molecule has 0 bridgehead atoms. The molecule has 7 nitrogen and oxygen atoms in total. The van der Waals surface area contributed by atoms with Crippen LogP contribution in [-0.2, 0) is 11.3 Å². The summed E-state index contributed by atoms with van der Waals surface area (Å²) in [4.78, 5) is 25.5. The molecule has 2 aromatic carbocycles. The fraction of sp³-hybridized carbons (Fsp3) is 0.357. The monoisotopic (exact) mass is 505 g/mol. The number of nitrogens with one attached hydrogen (secondary N) is 2. The SMILES string of the molecule is C=CCn1c(SCC(=O)Nc2ccc(C(C)C)cc2)nnc1[C@H](NC(=O)c1cccc(C)c1)C(C)C. The number of hydrogen-bond donors (Lipinski definition) is 2. The maximum atomic E-state index is 13.0. The molecule has 0 aliphatic heterocycles. The average molecular weight is 506 g/mol. The van der Waals surface area contributed by atoms with Crippen LogP contribution in [-0.4, -0.2) is 32.3 Å². The van der Waals surface area contributed by atoms with Gasteiger partial charge in [-0.25, -0.2) is 0 Å². The molecule has 2 N–H and O–H groups in total. The van der Waals surface area contributed by atoms with E-state index in [1.54, 1.807) is 12.1 Å². The van der Waals surface area contributed by atoms with Crippen molar-refractivity contribution in [3.63, 3.8) is 0 Å². The summed E-state index contributed by atoms with van der Waals surface area (Å²) in [7, 11) is 0. The van der Waals surface area contributed by atoms with E-state index < -0.39 is 0 Å². The van der Waals surface area contributed by atoms with Gasteiger partial charge in [-0.2, -0.15) is 0 Å². The predicted molar refractivity (Wildman–Crippen MR) is 146 cm³/mol. The lowest BCUT2D eigenvalue weighted by atomic mass is 10.0. The van der Waals surface area contributed by atoms with Crippen molar-refractivity contribution in [2.75, 3.05) is 11.1 Å². The van der Waals surface area contributed by atoms with E-state index in [-0.39, 0.29) is 29.5 Å². The van der Waals surface area contributed by atoms with Crippen molar-refractivity contribution in [3.8, 4) is 0 Å². The number of aryl methyl sites for hydroxylation is 1. The Morgan fingerprint density at radius 2 is 1.81 bits per heavy atom. The molecule has 0 radical (unpaired) electrons. The van der Waals surface area contributed by atoms with Gasteiger partial charge in [-0.3, -0.25) is 9.59 Å². The second kappa shape index (κ2) is 12.5. The Bertz CT molecular complexity index is 1200. The zero-order chi connectivity index (χ0) is 26.2. The Labute approximate surface area is 217 Å². The van der Waals surface area contributed by atoms with Crippen molar-refractivity contribution in [2.24, 2.45) is 5.92 Å². The summed E-state index contributed by atoms with van der Waals surface area (Å²) in [5.74, 6) is 1.04. The highest BCUT2D eigenvalue weighted by atomic mass is 32.2. The Hall–Kier alpha value is -3.39. The van der Waals surface area contributed by atoms with Gasteiger partial charge in [0.1, 0.15) is 0 Å². The van der Waals surface area contributed by atoms with Crippen LogP contribution in [0.4, 0.5) is 5.69 Å². The number of anilines is 1. The third-order valence-corrected chi connectivity index (χ3v) is 6.73. The van der Waals surface area contributed by atoms with Crippen LogP contribution < -0.4 is 10.6 Å². The van der Waals surface area contributed by atoms with Crippen LogP contribution in [0.3, 0.4) is 0 Å². The summed E-state index contributed by atoms with van der Waals surface area (Å²) in [6, 6.07) is 15.0. The van der Waals surface area contributed by atoms with Gasteiger partial charge < -0.3 is 15.2 Å². The van der Waals surface area contributed by atoms with E-state index in [9.17, 15) is 9.59 Å². The molecule has 3 aromatic rings. The fourth-order valence-electron chi connectivity index (χ4n) is 3.76. The van der Waals surface area contributed by atoms with Gasteiger partial charge >= 0.3 is 0 Å². The lowest BCUT2D eigenvalue weighted by Crippen LogP contribution is -2.34. The summed E-state index contributed by atoms with van der Waals surface area (Å²) in [5, 5.41) is 15.4. The smallest absolute Gasteiger partial charge is 0.251 e. The van der Waals surface area contributed by atoms with Gasteiger partial charge in [0.25, 0.3) is 5.91 Å². The molecule has 0 aliphatic carbocycles. The van der Waals surface area contributed by atoms with Crippen LogP contribution >= 0.6 is 11.8 Å². The van der Waals surface area contributed by atoms with Crippen LogP contribution in [0.1, 0.15) is 67.0 Å². The third kappa shape index (κ3) is 7.07. The fourth-order valence-corrected chi connectivity index (χ4v) is 4.51. The highest BCUT2D eigenvalue weighted by Gasteiger charge is 2.26. The van der Waals surface area contributed by atoms with Crippen molar-refractivity contribution in [3.05, 3.63) is 83.7 Å². The lowest BCUT2D eigenvalue weighted by molar-refractivity contribution is -0.113. The van der Waals surface area contributed by atoms with E-state index in [1.165, 1.54) is 17.3 Å². The summed E-state index contributed by atoms with van der Waals surface area (Å²) in [6.45, 7) is 14.6. The molecule has 1 aromatic heterocycles. The molecule has 0 aliphatic rings. The van der Waals surface area contributed by atoms with Crippen molar-refractivity contribution in [1.82, 2.24) is 20.1 Å². The summed E-state index contributed by atoms with van der Waals surface area (Å²) in [5.41, 5.74) is 3.60. The molecular weight excluding hydrogens is 470 g/mol. The van der Waals surface area contributed by atoms with Crippen LogP contribution in [0.2, 0.25) is 0 Å². The Balaban J connectivity index is 1.72. The van der Waals surface area contributed by atoms with Gasteiger partial charge in [0, 0.05) is 17.8 Å². The van der Waals surface area contributed by atoms with E-state index in [0.717, 1.165) is 11.3 Å². The second-order valence-electron chi connectivity index (χ2n) is 9.42. The number of carbonyl (C=O) groups excluding carboxylic acids is 2. The summed E-state index contributed by atoms with van der Waals surface area (Å²) < 4.78 is 1.91. The van der Waals surface area contributed by atoms with Gasteiger partial charge in [-0.05, 0) is 48.6 Å². The van der Waals surface area contributed by atoms with Crippen LogP contribution in [0.15, 0.2) is 66.3 Å². The minimum absolute atomic E-state index is 0.0708. The number of aromatic nitrogens is 3. The Morgan fingerprint density at radius 1 is 1.08 bits per heavy atom. The average Bonchev–Trinajstić information content (AvgIpc) is 3.23. The van der Waals surface area contributed by atoms with Gasteiger partial charge in [0.15, 0.2) is 11.0 Å². The van der Waals surface area contributed by atoms with Crippen LogP contribution in [0.5, 0.6) is 0 Å². The van der Waals surface area contributed by atoms with Crippen molar-refractivity contribution < 1.29 is 9.59 Å². The molecule has 3 rings (SSSR count). The maximum Gasteiger partial charge on any atom is 0.251 e. The van der Waals surface area contributed by atoms with Gasteiger partial charge in [0.05, 0.1) is 11.8 Å². The number of benzene rings is 2. The van der Waals surface area contributed by atoms with E-state index in [4.69, 9.17) is 0 Å². The molecule has 190 valence electrons. The minimum atomic E-state index is -0.354. The topological polar surface area (TPSA) is 88.9 Å². The first-order chi connectivity index (χ1) is 17.2. The molecule has 36 heavy (non-hydrogen) atoms. The number of rotatable bonds is 11. The van der Waals surface area contributed by atoms with Gasteiger partial charge in [-0.15, -0.1) is 16.8 Å². The minimum Gasteiger partial charge on any atom is -0.342 e. The number of amides is 2. The van der Waals surface area contributed by atoms with Gasteiger partial charge in [-0.1, -0.05) is 75.4 Å². The molecule has 2 amide bonds. The van der Waals surface area contributed by atoms with E-state index in [1.807, 2.05) is 67.8 Å². The van der Waals surface area contributed by atoms with Crippen LogP contribution in [0.25, 0.3) is 0 Å². The molecule has 1 atom stereocenters. The molecule has 0 saturated heterocycles. The van der Waals surface area contributed by atoms with Crippen molar-refractivity contribution in [2.45, 2.75) is 58.3 Å². The highest BCUT2D eigenvalue weighted by molar-refractivity contribution is 7.99. The number of nitrogens with zero attached hydrogens (tertiary/aromatic N) is 3. The third-order valence-electron chi connectivity index (χ3n) is 5.76. The largest absolute Gasteiger partial charge is 0.342 e. The number of allylic oxidation sites excluding steroid dienone is 1. The zero-order valence-electron chi connectivity index (χ0n) is 21.6.